The summed E-state index contributed by atoms with van der Waals surface area (Å²) in [5, 5.41) is 6.16. The SMILES string of the molecule is c1ccc(N(c2cccc(-n3c4ccccc4c4c5c(ccc43)ccn5-c3ccccc3)c2)c2ccc3c(c2)c2ccccc2n3-c2ccccc2)cc1. The number of rotatable bonds is 6. The highest BCUT2D eigenvalue weighted by Gasteiger charge is 2.20. The zero-order chi connectivity index (χ0) is 35.6. The van der Waals surface area contributed by atoms with Gasteiger partial charge in [-0.05, 0) is 97.1 Å². The lowest BCUT2D eigenvalue weighted by molar-refractivity contribution is 1.13. The first-order valence-electron chi connectivity index (χ1n) is 18.4. The van der Waals surface area contributed by atoms with E-state index in [2.05, 4.69) is 225 Å². The van der Waals surface area contributed by atoms with Crippen molar-refractivity contribution in [3.05, 3.63) is 206 Å². The second kappa shape index (κ2) is 12.1. The highest BCUT2D eigenvalue weighted by Crippen LogP contribution is 2.42. The molecule has 0 N–H and O–H groups in total. The van der Waals surface area contributed by atoms with Crippen LogP contribution in [-0.4, -0.2) is 13.7 Å². The molecule has 0 bridgehead atoms. The molecule has 0 amide bonds. The molecular weight excluding hydrogens is 657 g/mol. The molecule has 0 fully saturated rings. The Morgan fingerprint density at radius 2 is 0.889 bits per heavy atom. The third-order valence-corrected chi connectivity index (χ3v) is 10.8. The lowest BCUT2D eigenvalue weighted by Crippen LogP contribution is -2.10. The van der Waals surface area contributed by atoms with Gasteiger partial charge in [-0.25, -0.2) is 0 Å². The third kappa shape index (κ3) is 4.64. The molecule has 8 aromatic carbocycles. The average Bonchev–Trinajstić information content (AvgIpc) is 3.92. The van der Waals surface area contributed by atoms with Crippen LogP contribution in [-0.2, 0) is 0 Å². The van der Waals surface area contributed by atoms with Gasteiger partial charge >= 0.3 is 0 Å². The van der Waals surface area contributed by atoms with E-state index in [1.54, 1.807) is 0 Å². The van der Waals surface area contributed by atoms with Gasteiger partial charge in [-0.15, -0.1) is 0 Å². The smallest absolute Gasteiger partial charge is 0.0628 e. The van der Waals surface area contributed by atoms with Crippen molar-refractivity contribution in [1.29, 1.82) is 0 Å². The lowest BCUT2D eigenvalue weighted by Gasteiger charge is -2.26. The predicted molar refractivity (Wildman–Crippen MR) is 227 cm³/mol. The number of aromatic nitrogens is 3. The topological polar surface area (TPSA) is 18.0 Å². The number of benzene rings is 8. The minimum absolute atomic E-state index is 1.09. The predicted octanol–water partition coefficient (Wildman–Crippen LogP) is 13.3. The van der Waals surface area contributed by atoms with Gasteiger partial charge in [-0.2, -0.15) is 0 Å². The molecule has 0 aliphatic heterocycles. The van der Waals surface area contributed by atoms with Gasteiger partial charge in [-0.1, -0.05) is 103 Å². The standard InChI is InChI=1S/C50H34N4/c1-4-15-36(16-5-1)51-32-31-35-27-29-48-49(50(35)51)43-24-11-13-26-46(43)54(48)40-22-14-21-39(33-40)52(37-17-6-2-7-18-37)41-28-30-47-44(34-41)42-23-10-12-25-45(42)53(47)38-19-8-3-9-20-38/h1-34H. The van der Waals surface area contributed by atoms with Crippen LogP contribution in [0.5, 0.6) is 0 Å². The summed E-state index contributed by atoms with van der Waals surface area (Å²) < 4.78 is 7.12. The molecule has 54 heavy (non-hydrogen) atoms. The van der Waals surface area contributed by atoms with E-state index < -0.39 is 0 Å². The Labute approximate surface area is 312 Å². The van der Waals surface area contributed by atoms with Crippen LogP contribution in [0.4, 0.5) is 17.1 Å². The molecule has 11 rings (SSSR count). The molecule has 0 spiro atoms. The second-order valence-electron chi connectivity index (χ2n) is 13.9. The average molecular weight is 691 g/mol. The highest BCUT2D eigenvalue weighted by molar-refractivity contribution is 6.21. The van der Waals surface area contributed by atoms with Crippen molar-refractivity contribution < 1.29 is 0 Å². The van der Waals surface area contributed by atoms with Crippen molar-refractivity contribution in [2.24, 2.45) is 0 Å². The zero-order valence-corrected chi connectivity index (χ0v) is 29.4. The molecule has 4 heteroatoms. The monoisotopic (exact) mass is 690 g/mol. The maximum absolute atomic E-state index is 2.43. The van der Waals surface area contributed by atoms with E-state index in [1.165, 1.54) is 54.5 Å². The van der Waals surface area contributed by atoms with Crippen LogP contribution >= 0.6 is 0 Å². The molecule has 0 saturated carbocycles. The van der Waals surface area contributed by atoms with E-state index in [4.69, 9.17) is 0 Å². The first-order chi connectivity index (χ1) is 26.8. The molecule has 3 heterocycles. The zero-order valence-electron chi connectivity index (χ0n) is 29.4. The third-order valence-electron chi connectivity index (χ3n) is 10.8. The van der Waals surface area contributed by atoms with Gasteiger partial charge in [-0.3, -0.25) is 0 Å². The summed E-state index contributed by atoms with van der Waals surface area (Å²) in [6.07, 6.45) is 2.19. The Kier molecular flexibility index (Phi) is 6.82. The number of hydrogen-bond acceptors (Lipinski definition) is 1. The summed E-state index contributed by atoms with van der Waals surface area (Å²) in [4.78, 5) is 2.38. The van der Waals surface area contributed by atoms with Gasteiger partial charge in [0.1, 0.15) is 0 Å². The van der Waals surface area contributed by atoms with Crippen LogP contribution in [0, 0.1) is 0 Å². The van der Waals surface area contributed by atoms with Crippen LogP contribution in [0.15, 0.2) is 206 Å². The first-order valence-corrected chi connectivity index (χ1v) is 18.4. The van der Waals surface area contributed by atoms with Gasteiger partial charge in [0.2, 0.25) is 0 Å². The van der Waals surface area contributed by atoms with Gasteiger partial charge in [0, 0.05) is 67.3 Å². The summed E-state index contributed by atoms with van der Waals surface area (Å²) in [7, 11) is 0. The van der Waals surface area contributed by atoms with E-state index in [0.717, 1.165) is 34.1 Å². The Balaban J connectivity index is 1.13. The number of nitrogens with zero attached hydrogens (tertiary/aromatic N) is 4. The summed E-state index contributed by atoms with van der Waals surface area (Å²) >= 11 is 0. The summed E-state index contributed by atoms with van der Waals surface area (Å²) in [5.74, 6) is 0. The van der Waals surface area contributed by atoms with Crippen LogP contribution in [0.25, 0.3) is 71.6 Å². The normalized spacial score (nSPS) is 11.7. The maximum Gasteiger partial charge on any atom is 0.0628 e. The molecular formula is C50H34N4. The Morgan fingerprint density at radius 1 is 0.333 bits per heavy atom. The minimum atomic E-state index is 1.09. The fourth-order valence-electron chi connectivity index (χ4n) is 8.51. The van der Waals surface area contributed by atoms with Crippen molar-refractivity contribution in [3.8, 4) is 17.1 Å². The Morgan fingerprint density at radius 3 is 1.67 bits per heavy atom. The van der Waals surface area contributed by atoms with Crippen molar-refractivity contribution in [2.45, 2.75) is 0 Å². The number of fused-ring (bicyclic) bond motifs is 8. The number of para-hydroxylation sites is 5. The van der Waals surface area contributed by atoms with Gasteiger partial charge < -0.3 is 18.6 Å². The Bertz CT molecular complexity index is 3150. The van der Waals surface area contributed by atoms with Crippen molar-refractivity contribution in [3.63, 3.8) is 0 Å². The molecule has 4 nitrogen and oxygen atoms in total. The first kappa shape index (κ1) is 30.3. The van der Waals surface area contributed by atoms with Crippen LogP contribution in [0.2, 0.25) is 0 Å². The number of hydrogen-bond donors (Lipinski definition) is 0. The fourth-order valence-corrected chi connectivity index (χ4v) is 8.51. The minimum Gasteiger partial charge on any atom is -0.316 e. The number of anilines is 3. The van der Waals surface area contributed by atoms with Crippen LogP contribution in [0.1, 0.15) is 0 Å². The highest BCUT2D eigenvalue weighted by atomic mass is 15.1. The summed E-state index contributed by atoms with van der Waals surface area (Å²) in [5.41, 5.74) is 12.7. The molecule has 0 radical (unpaired) electrons. The van der Waals surface area contributed by atoms with E-state index in [1.807, 2.05) is 0 Å². The van der Waals surface area contributed by atoms with Crippen molar-refractivity contribution in [2.75, 3.05) is 4.90 Å². The fraction of sp³-hybridized carbons (Fsp3) is 0. The molecule has 0 aliphatic rings. The van der Waals surface area contributed by atoms with E-state index in [-0.39, 0.29) is 0 Å². The van der Waals surface area contributed by atoms with E-state index >= 15 is 0 Å². The van der Waals surface area contributed by atoms with Crippen LogP contribution < -0.4 is 4.90 Å². The molecule has 0 aliphatic carbocycles. The van der Waals surface area contributed by atoms with Gasteiger partial charge in [0.05, 0.1) is 27.6 Å². The summed E-state index contributed by atoms with van der Waals surface area (Å²) in [6.45, 7) is 0. The Hall–Kier alpha value is -7.30. The van der Waals surface area contributed by atoms with Crippen molar-refractivity contribution >= 4 is 71.6 Å². The molecule has 3 aromatic heterocycles. The van der Waals surface area contributed by atoms with Gasteiger partial charge in [0.25, 0.3) is 0 Å². The van der Waals surface area contributed by atoms with Crippen molar-refractivity contribution in [1.82, 2.24) is 13.7 Å². The quantitative estimate of drug-likeness (QED) is 0.170. The van der Waals surface area contributed by atoms with Gasteiger partial charge in [0.15, 0.2) is 0 Å². The van der Waals surface area contributed by atoms with E-state index in [9.17, 15) is 0 Å². The molecule has 0 saturated heterocycles. The summed E-state index contributed by atoms with van der Waals surface area (Å²) in [6, 6.07) is 72.1. The lowest BCUT2D eigenvalue weighted by atomic mass is 10.1. The molecule has 0 unspecified atom stereocenters. The maximum atomic E-state index is 2.43. The largest absolute Gasteiger partial charge is 0.316 e. The molecule has 254 valence electrons. The van der Waals surface area contributed by atoms with Crippen LogP contribution in [0.3, 0.4) is 0 Å². The molecule has 0 atom stereocenters. The molecule has 11 aromatic rings. The van der Waals surface area contributed by atoms with E-state index in [0.29, 0.717) is 0 Å². The second-order valence-corrected chi connectivity index (χ2v) is 13.9.